The summed E-state index contributed by atoms with van der Waals surface area (Å²) >= 11 is 0. The van der Waals surface area contributed by atoms with Crippen molar-refractivity contribution in [3.05, 3.63) is 0 Å². The third-order valence-corrected chi connectivity index (χ3v) is 3.04. The van der Waals surface area contributed by atoms with Gasteiger partial charge < -0.3 is 14.4 Å². The van der Waals surface area contributed by atoms with Crippen LogP contribution < -0.4 is 0 Å². The van der Waals surface area contributed by atoms with Crippen LogP contribution in [0.5, 0.6) is 0 Å². The van der Waals surface area contributed by atoms with E-state index in [0.29, 0.717) is 18.8 Å². The molecule has 15 heavy (non-hydrogen) atoms. The minimum Gasteiger partial charge on any atom is -0.449 e. The average Bonchev–Trinajstić information content (AvgIpc) is 2.17. The van der Waals surface area contributed by atoms with Crippen LogP contribution in [-0.2, 0) is 9.47 Å². The monoisotopic (exact) mass is 213 g/mol. The molecular formula is C11H19NO3. The maximum Gasteiger partial charge on any atom is 0.410 e. The normalized spacial score (nSPS) is 31.4. The lowest BCUT2D eigenvalue weighted by Gasteiger charge is -2.41. The number of nitrogens with zero attached hydrogens (tertiary/aromatic N) is 1. The molecule has 0 unspecified atom stereocenters. The van der Waals surface area contributed by atoms with E-state index in [2.05, 4.69) is 13.8 Å². The van der Waals surface area contributed by atoms with Crippen LogP contribution in [-0.4, -0.2) is 42.4 Å². The molecule has 0 aliphatic carbocycles. The van der Waals surface area contributed by atoms with Crippen molar-refractivity contribution >= 4 is 6.09 Å². The first-order valence-electron chi connectivity index (χ1n) is 5.75. The summed E-state index contributed by atoms with van der Waals surface area (Å²) in [7, 11) is 0. The Balaban J connectivity index is 1.91. The molecule has 0 spiro atoms. The summed E-state index contributed by atoms with van der Waals surface area (Å²) in [6.07, 6.45) is 3.30. The maximum atomic E-state index is 11.4. The zero-order valence-corrected chi connectivity index (χ0v) is 9.44. The maximum absolute atomic E-state index is 11.4. The van der Waals surface area contributed by atoms with Gasteiger partial charge in [-0.3, -0.25) is 0 Å². The Morgan fingerprint density at radius 2 is 2.27 bits per heavy atom. The number of rotatable bonds is 2. The van der Waals surface area contributed by atoms with Crippen LogP contribution in [0, 0.1) is 0 Å². The fourth-order valence-electron chi connectivity index (χ4n) is 2.40. The predicted octanol–water partition coefficient (Wildman–Crippen LogP) is 1.78. The van der Waals surface area contributed by atoms with Gasteiger partial charge in [-0.25, -0.2) is 4.79 Å². The summed E-state index contributed by atoms with van der Waals surface area (Å²) in [5.41, 5.74) is 0. The number of carbonyl (C=O) groups is 1. The van der Waals surface area contributed by atoms with E-state index in [1.54, 1.807) is 0 Å². The molecule has 2 atom stereocenters. The van der Waals surface area contributed by atoms with Crippen molar-refractivity contribution in [1.29, 1.82) is 0 Å². The van der Waals surface area contributed by atoms with Gasteiger partial charge >= 0.3 is 6.09 Å². The van der Waals surface area contributed by atoms with E-state index in [1.165, 1.54) is 0 Å². The Morgan fingerprint density at radius 1 is 1.47 bits per heavy atom. The number of cyclic esters (lactones) is 1. The smallest absolute Gasteiger partial charge is 0.410 e. The Labute approximate surface area is 90.5 Å². The van der Waals surface area contributed by atoms with E-state index in [4.69, 9.17) is 9.47 Å². The highest BCUT2D eigenvalue weighted by Gasteiger charge is 2.35. The molecule has 0 saturated carbocycles. The molecule has 0 aromatic heterocycles. The third kappa shape index (κ3) is 2.43. The lowest BCUT2D eigenvalue weighted by Crippen LogP contribution is -2.52. The van der Waals surface area contributed by atoms with Crippen LogP contribution >= 0.6 is 0 Å². The second-order valence-electron chi connectivity index (χ2n) is 4.58. The summed E-state index contributed by atoms with van der Waals surface area (Å²) in [6.45, 7) is 5.46. The highest BCUT2D eigenvalue weighted by molar-refractivity contribution is 5.68. The molecule has 4 nitrogen and oxygen atoms in total. The first kappa shape index (κ1) is 10.7. The van der Waals surface area contributed by atoms with E-state index in [1.807, 2.05) is 4.90 Å². The number of fused-ring (bicyclic) bond motifs is 1. The van der Waals surface area contributed by atoms with Crippen LogP contribution in [0.4, 0.5) is 4.79 Å². The van der Waals surface area contributed by atoms with E-state index in [-0.39, 0.29) is 12.2 Å². The van der Waals surface area contributed by atoms with Gasteiger partial charge in [0.25, 0.3) is 0 Å². The van der Waals surface area contributed by atoms with Gasteiger partial charge in [0.2, 0.25) is 0 Å². The van der Waals surface area contributed by atoms with Gasteiger partial charge in [-0.1, -0.05) is 0 Å². The Morgan fingerprint density at radius 3 is 3.00 bits per heavy atom. The zero-order chi connectivity index (χ0) is 10.8. The first-order chi connectivity index (χ1) is 7.16. The topological polar surface area (TPSA) is 38.8 Å². The first-order valence-corrected chi connectivity index (χ1v) is 5.75. The second kappa shape index (κ2) is 4.39. The molecule has 0 bridgehead atoms. The molecule has 0 radical (unpaired) electrons. The van der Waals surface area contributed by atoms with Crippen molar-refractivity contribution in [3.63, 3.8) is 0 Å². The van der Waals surface area contributed by atoms with Gasteiger partial charge in [-0.2, -0.15) is 0 Å². The second-order valence-corrected chi connectivity index (χ2v) is 4.58. The van der Waals surface area contributed by atoms with Crippen molar-refractivity contribution in [1.82, 2.24) is 4.90 Å². The molecule has 86 valence electrons. The molecular weight excluding hydrogens is 194 g/mol. The van der Waals surface area contributed by atoms with Crippen LogP contribution in [0.3, 0.4) is 0 Å². The summed E-state index contributed by atoms with van der Waals surface area (Å²) < 4.78 is 10.8. The lowest BCUT2D eigenvalue weighted by atomic mass is 9.96. The largest absolute Gasteiger partial charge is 0.449 e. The average molecular weight is 213 g/mol. The van der Waals surface area contributed by atoms with Crippen LogP contribution in [0.25, 0.3) is 0 Å². The fourth-order valence-corrected chi connectivity index (χ4v) is 2.40. The molecule has 2 aliphatic heterocycles. The van der Waals surface area contributed by atoms with E-state index in [9.17, 15) is 4.79 Å². The highest BCUT2D eigenvalue weighted by Crippen LogP contribution is 2.26. The molecule has 1 amide bonds. The van der Waals surface area contributed by atoms with E-state index >= 15 is 0 Å². The number of carbonyl (C=O) groups excluding carboxylic acids is 1. The number of piperidine rings is 1. The number of hydrogen-bond acceptors (Lipinski definition) is 3. The van der Waals surface area contributed by atoms with Crippen molar-refractivity contribution in [2.75, 3.05) is 13.2 Å². The van der Waals surface area contributed by atoms with Gasteiger partial charge in [-0.15, -0.1) is 0 Å². The van der Waals surface area contributed by atoms with Crippen molar-refractivity contribution in [3.8, 4) is 0 Å². The van der Waals surface area contributed by atoms with Crippen molar-refractivity contribution < 1.29 is 14.3 Å². The van der Waals surface area contributed by atoms with Gasteiger partial charge in [0.15, 0.2) is 0 Å². The molecule has 4 heteroatoms. The zero-order valence-electron chi connectivity index (χ0n) is 9.44. The molecule has 2 aliphatic rings. The number of ether oxygens (including phenoxy) is 2. The molecule has 2 saturated heterocycles. The minimum absolute atomic E-state index is 0.144. The standard InChI is InChI=1S/C11H19NO3/c1-8(2)15-10-3-5-12-9(7-10)4-6-14-11(12)13/h8-10H,3-7H2,1-2H3/t9-,10-/m0/s1. The fraction of sp³-hybridized carbons (Fsp3) is 0.909. The third-order valence-electron chi connectivity index (χ3n) is 3.04. The molecule has 2 heterocycles. The van der Waals surface area contributed by atoms with Gasteiger partial charge in [0, 0.05) is 19.0 Å². The molecule has 0 N–H and O–H groups in total. The predicted molar refractivity (Wildman–Crippen MR) is 55.7 cm³/mol. The molecule has 0 aromatic carbocycles. The minimum atomic E-state index is -0.144. The van der Waals surface area contributed by atoms with Crippen molar-refractivity contribution in [2.24, 2.45) is 0 Å². The lowest BCUT2D eigenvalue weighted by molar-refractivity contribution is -0.0565. The van der Waals surface area contributed by atoms with Gasteiger partial charge in [0.05, 0.1) is 18.8 Å². The van der Waals surface area contributed by atoms with Crippen molar-refractivity contribution in [2.45, 2.75) is 51.4 Å². The van der Waals surface area contributed by atoms with E-state index in [0.717, 1.165) is 25.8 Å². The van der Waals surface area contributed by atoms with Crippen LogP contribution in [0.15, 0.2) is 0 Å². The van der Waals surface area contributed by atoms with Gasteiger partial charge in [-0.05, 0) is 26.7 Å². The quantitative estimate of drug-likeness (QED) is 0.702. The summed E-state index contributed by atoms with van der Waals surface area (Å²) in [6, 6.07) is 0.337. The molecule has 2 fully saturated rings. The van der Waals surface area contributed by atoms with Gasteiger partial charge in [0.1, 0.15) is 0 Å². The highest BCUT2D eigenvalue weighted by atomic mass is 16.6. The van der Waals surface area contributed by atoms with Crippen LogP contribution in [0.1, 0.15) is 33.1 Å². The molecule has 2 rings (SSSR count). The molecule has 0 aromatic rings. The Hall–Kier alpha value is -0.770. The SMILES string of the molecule is CC(C)O[C@H]1CCN2C(=O)OCC[C@H]2C1. The summed E-state index contributed by atoms with van der Waals surface area (Å²) in [5, 5.41) is 0. The summed E-state index contributed by atoms with van der Waals surface area (Å²) in [4.78, 5) is 13.3. The van der Waals surface area contributed by atoms with E-state index < -0.39 is 0 Å². The number of amides is 1. The Bertz CT molecular complexity index is 242. The summed E-state index contributed by atoms with van der Waals surface area (Å²) in [5.74, 6) is 0. The van der Waals surface area contributed by atoms with Crippen LogP contribution in [0.2, 0.25) is 0 Å². The Kier molecular flexibility index (Phi) is 3.14. The number of hydrogen-bond donors (Lipinski definition) is 0.